The van der Waals surface area contributed by atoms with Crippen molar-refractivity contribution in [2.75, 3.05) is 0 Å². The largest absolute Gasteiger partial charge is 0.364 e. The molecule has 0 aliphatic heterocycles. The van der Waals surface area contributed by atoms with Crippen LogP contribution in [-0.2, 0) is 0 Å². The average Bonchev–Trinajstić information content (AvgIpc) is 2.68. The monoisotopic (exact) mass is 205 g/mol. The quantitative estimate of drug-likeness (QED) is 0.803. The van der Waals surface area contributed by atoms with E-state index in [1.165, 1.54) is 11.3 Å². The van der Waals surface area contributed by atoms with Gasteiger partial charge in [-0.3, -0.25) is 9.78 Å². The summed E-state index contributed by atoms with van der Waals surface area (Å²) in [4.78, 5) is 19.0. The molecule has 2 rings (SSSR count). The third-order valence-electron chi connectivity index (χ3n) is 1.64. The van der Waals surface area contributed by atoms with Crippen LogP contribution < -0.4 is 5.73 Å². The molecule has 1 amide bonds. The second-order valence-corrected chi connectivity index (χ2v) is 3.48. The van der Waals surface area contributed by atoms with Crippen LogP contribution in [0.2, 0.25) is 0 Å². The molecule has 0 spiro atoms. The highest BCUT2D eigenvalue weighted by Crippen LogP contribution is 2.20. The van der Waals surface area contributed by atoms with Crippen LogP contribution in [0.1, 0.15) is 10.5 Å². The average molecular weight is 205 g/mol. The number of pyridine rings is 1. The van der Waals surface area contributed by atoms with E-state index in [-0.39, 0.29) is 5.69 Å². The van der Waals surface area contributed by atoms with Crippen LogP contribution in [0, 0.1) is 0 Å². The van der Waals surface area contributed by atoms with Gasteiger partial charge in [-0.25, -0.2) is 4.98 Å². The first-order valence-corrected chi connectivity index (χ1v) is 4.82. The highest BCUT2D eigenvalue weighted by molar-refractivity contribution is 7.13. The molecule has 0 bridgehead atoms. The Kier molecular flexibility index (Phi) is 2.24. The maximum atomic E-state index is 10.8. The molecule has 0 aromatic carbocycles. The Hall–Kier alpha value is -1.75. The Morgan fingerprint density at radius 2 is 2.29 bits per heavy atom. The lowest BCUT2D eigenvalue weighted by Crippen LogP contribution is -2.10. The number of aromatic nitrogens is 2. The lowest BCUT2D eigenvalue weighted by molar-refractivity contribution is 0.0996. The molecule has 70 valence electrons. The second-order valence-electron chi connectivity index (χ2n) is 2.62. The Balaban J connectivity index is 2.39. The van der Waals surface area contributed by atoms with E-state index in [9.17, 15) is 4.79 Å². The maximum Gasteiger partial charge on any atom is 0.268 e. The molecule has 0 unspecified atom stereocenters. The Labute approximate surface area is 84.4 Å². The minimum atomic E-state index is -0.511. The first-order valence-electron chi connectivity index (χ1n) is 3.94. The van der Waals surface area contributed by atoms with E-state index in [2.05, 4.69) is 9.97 Å². The van der Waals surface area contributed by atoms with Crippen molar-refractivity contribution in [2.45, 2.75) is 0 Å². The zero-order chi connectivity index (χ0) is 9.97. The van der Waals surface area contributed by atoms with Crippen LogP contribution in [-0.4, -0.2) is 15.9 Å². The number of primary amides is 1. The molecule has 2 aromatic rings. The number of thiazole rings is 1. The summed E-state index contributed by atoms with van der Waals surface area (Å²) >= 11 is 1.36. The van der Waals surface area contributed by atoms with E-state index in [1.54, 1.807) is 11.6 Å². The van der Waals surface area contributed by atoms with E-state index in [0.29, 0.717) is 5.01 Å². The van der Waals surface area contributed by atoms with Crippen LogP contribution in [0.25, 0.3) is 10.7 Å². The van der Waals surface area contributed by atoms with Gasteiger partial charge in [0.1, 0.15) is 10.7 Å². The molecule has 0 radical (unpaired) electrons. The van der Waals surface area contributed by atoms with Crippen molar-refractivity contribution in [3.63, 3.8) is 0 Å². The summed E-state index contributed by atoms with van der Waals surface area (Å²) in [5, 5.41) is 2.34. The molecule has 0 fully saturated rings. The fraction of sp³-hybridized carbons (Fsp3) is 0. The lowest BCUT2D eigenvalue weighted by atomic mass is 10.4. The molecule has 5 heteroatoms. The molecular formula is C9H7N3OS. The van der Waals surface area contributed by atoms with E-state index < -0.39 is 5.91 Å². The fourth-order valence-electron chi connectivity index (χ4n) is 0.994. The summed E-state index contributed by atoms with van der Waals surface area (Å²) in [6, 6.07) is 5.53. The summed E-state index contributed by atoms with van der Waals surface area (Å²) in [6.45, 7) is 0. The topological polar surface area (TPSA) is 68.9 Å². The first kappa shape index (κ1) is 8.83. The normalized spacial score (nSPS) is 10.0. The molecule has 0 saturated carbocycles. The Morgan fingerprint density at radius 1 is 1.43 bits per heavy atom. The zero-order valence-electron chi connectivity index (χ0n) is 7.18. The maximum absolute atomic E-state index is 10.8. The van der Waals surface area contributed by atoms with Crippen molar-refractivity contribution in [2.24, 2.45) is 5.73 Å². The zero-order valence-corrected chi connectivity index (χ0v) is 7.99. The number of hydrogen-bond acceptors (Lipinski definition) is 4. The summed E-state index contributed by atoms with van der Waals surface area (Å²) in [7, 11) is 0. The van der Waals surface area contributed by atoms with E-state index in [0.717, 1.165) is 5.69 Å². The summed E-state index contributed by atoms with van der Waals surface area (Å²) < 4.78 is 0. The number of nitrogens with zero attached hydrogens (tertiary/aromatic N) is 2. The lowest BCUT2D eigenvalue weighted by Gasteiger charge is -1.91. The number of amides is 1. The predicted molar refractivity (Wildman–Crippen MR) is 53.9 cm³/mol. The highest BCUT2D eigenvalue weighted by atomic mass is 32.1. The SMILES string of the molecule is NC(=O)c1csc(-c2ccccn2)n1. The number of carbonyl (C=O) groups is 1. The standard InChI is InChI=1S/C9H7N3OS/c10-8(13)7-5-14-9(12-7)6-3-1-2-4-11-6/h1-5H,(H2,10,13). The Morgan fingerprint density at radius 3 is 2.86 bits per heavy atom. The van der Waals surface area contributed by atoms with Crippen molar-refractivity contribution in [1.29, 1.82) is 0 Å². The molecule has 2 heterocycles. The van der Waals surface area contributed by atoms with Crippen LogP contribution in [0.4, 0.5) is 0 Å². The number of nitrogens with two attached hydrogens (primary N) is 1. The first-order chi connectivity index (χ1) is 6.77. The molecule has 0 saturated heterocycles. The minimum Gasteiger partial charge on any atom is -0.364 e. The van der Waals surface area contributed by atoms with Crippen LogP contribution in [0.5, 0.6) is 0 Å². The van der Waals surface area contributed by atoms with Gasteiger partial charge in [-0.1, -0.05) is 6.07 Å². The molecular weight excluding hydrogens is 198 g/mol. The summed E-state index contributed by atoms with van der Waals surface area (Å²) in [5.74, 6) is -0.511. The number of hydrogen-bond donors (Lipinski definition) is 1. The van der Waals surface area contributed by atoms with Crippen LogP contribution in [0.15, 0.2) is 29.8 Å². The smallest absolute Gasteiger partial charge is 0.268 e. The van der Waals surface area contributed by atoms with Crippen molar-refractivity contribution in [3.8, 4) is 10.7 Å². The van der Waals surface area contributed by atoms with Gasteiger partial charge in [-0.2, -0.15) is 0 Å². The van der Waals surface area contributed by atoms with Gasteiger partial charge in [0.25, 0.3) is 5.91 Å². The molecule has 4 nitrogen and oxygen atoms in total. The van der Waals surface area contributed by atoms with Gasteiger partial charge in [0.15, 0.2) is 0 Å². The Bertz CT molecular complexity index is 452. The van der Waals surface area contributed by atoms with Crippen LogP contribution in [0.3, 0.4) is 0 Å². The third-order valence-corrected chi connectivity index (χ3v) is 2.51. The summed E-state index contributed by atoms with van der Waals surface area (Å²) in [5.41, 5.74) is 6.13. The number of rotatable bonds is 2. The van der Waals surface area contributed by atoms with Gasteiger partial charge in [-0.15, -0.1) is 11.3 Å². The van der Waals surface area contributed by atoms with Crippen molar-refractivity contribution in [1.82, 2.24) is 9.97 Å². The molecule has 2 N–H and O–H groups in total. The van der Waals surface area contributed by atoms with Gasteiger partial charge >= 0.3 is 0 Å². The molecule has 0 aliphatic carbocycles. The predicted octanol–water partition coefficient (Wildman–Crippen LogP) is 1.30. The molecule has 2 aromatic heterocycles. The molecule has 14 heavy (non-hydrogen) atoms. The van der Waals surface area contributed by atoms with E-state index in [1.807, 2.05) is 18.2 Å². The van der Waals surface area contributed by atoms with Crippen LogP contribution >= 0.6 is 11.3 Å². The minimum absolute atomic E-state index is 0.288. The van der Waals surface area contributed by atoms with E-state index >= 15 is 0 Å². The second kappa shape index (κ2) is 3.55. The van der Waals surface area contributed by atoms with E-state index in [4.69, 9.17) is 5.73 Å². The van der Waals surface area contributed by atoms with Crippen molar-refractivity contribution >= 4 is 17.2 Å². The molecule has 0 atom stereocenters. The van der Waals surface area contributed by atoms with Gasteiger partial charge < -0.3 is 5.73 Å². The van der Waals surface area contributed by atoms with Gasteiger partial charge in [0.2, 0.25) is 0 Å². The fourth-order valence-corrected chi connectivity index (χ4v) is 1.78. The van der Waals surface area contributed by atoms with Gasteiger partial charge in [-0.05, 0) is 12.1 Å². The van der Waals surface area contributed by atoms with Crippen molar-refractivity contribution < 1.29 is 4.79 Å². The highest BCUT2D eigenvalue weighted by Gasteiger charge is 2.08. The van der Waals surface area contributed by atoms with Gasteiger partial charge in [0.05, 0.1) is 5.69 Å². The van der Waals surface area contributed by atoms with Gasteiger partial charge in [0, 0.05) is 11.6 Å². The molecule has 0 aliphatic rings. The third kappa shape index (κ3) is 1.62. The van der Waals surface area contributed by atoms with Crippen molar-refractivity contribution in [3.05, 3.63) is 35.5 Å². The summed E-state index contributed by atoms with van der Waals surface area (Å²) in [6.07, 6.45) is 1.68. The number of carbonyl (C=O) groups excluding carboxylic acids is 1.